The highest BCUT2D eigenvalue weighted by Gasteiger charge is 2.21. The van der Waals surface area contributed by atoms with Gasteiger partial charge in [0.1, 0.15) is 11.3 Å². The molecule has 1 saturated carbocycles. The second kappa shape index (κ2) is 6.31. The van der Waals surface area contributed by atoms with E-state index in [0.29, 0.717) is 18.2 Å². The molecule has 0 spiro atoms. The number of imidazole rings is 2. The number of aromatic amines is 1. The Labute approximate surface area is 146 Å². The van der Waals surface area contributed by atoms with Gasteiger partial charge in [-0.1, -0.05) is 12.8 Å². The van der Waals surface area contributed by atoms with E-state index < -0.39 is 0 Å². The van der Waals surface area contributed by atoms with E-state index >= 15 is 0 Å². The normalized spacial score (nSPS) is 15.1. The first kappa shape index (κ1) is 15.8. The van der Waals surface area contributed by atoms with Crippen molar-refractivity contribution < 1.29 is 4.79 Å². The summed E-state index contributed by atoms with van der Waals surface area (Å²) in [6, 6.07) is 2.32. The van der Waals surface area contributed by atoms with Crippen LogP contribution in [-0.4, -0.2) is 42.4 Å². The molecule has 1 amide bonds. The lowest BCUT2D eigenvalue weighted by Gasteiger charge is -2.16. The number of carbonyl (C=O) groups is 1. The predicted octanol–water partition coefficient (Wildman–Crippen LogP) is 2.85. The summed E-state index contributed by atoms with van der Waals surface area (Å²) in [4.78, 5) is 30.7. The Bertz CT molecular complexity index is 905. The van der Waals surface area contributed by atoms with Crippen molar-refractivity contribution in [1.82, 2.24) is 29.4 Å². The van der Waals surface area contributed by atoms with E-state index in [4.69, 9.17) is 0 Å². The molecule has 1 aliphatic rings. The highest BCUT2D eigenvalue weighted by atomic mass is 16.2. The molecule has 7 heteroatoms. The summed E-state index contributed by atoms with van der Waals surface area (Å²) in [7, 11) is 1.77. The van der Waals surface area contributed by atoms with Crippen LogP contribution in [-0.2, 0) is 6.54 Å². The Hall–Kier alpha value is -2.70. The second-order valence-corrected chi connectivity index (χ2v) is 6.83. The third-order valence-electron chi connectivity index (χ3n) is 4.87. The minimum absolute atomic E-state index is 0.0844. The van der Waals surface area contributed by atoms with Crippen LogP contribution in [0.4, 0.5) is 0 Å². The summed E-state index contributed by atoms with van der Waals surface area (Å²) in [6.07, 6.45) is 10.2. The highest BCUT2D eigenvalue weighted by Crippen LogP contribution is 2.31. The van der Waals surface area contributed by atoms with Crippen LogP contribution in [0.2, 0.25) is 0 Å². The van der Waals surface area contributed by atoms with E-state index in [-0.39, 0.29) is 5.91 Å². The molecule has 0 saturated heterocycles. The van der Waals surface area contributed by atoms with E-state index in [2.05, 4.69) is 24.5 Å². The number of amides is 1. The van der Waals surface area contributed by atoms with Crippen LogP contribution < -0.4 is 0 Å². The minimum Gasteiger partial charge on any atom is -0.345 e. The summed E-state index contributed by atoms with van der Waals surface area (Å²) in [5, 5.41) is 0. The van der Waals surface area contributed by atoms with Crippen molar-refractivity contribution in [2.75, 3.05) is 7.05 Å². The molecule has 3 aromatic rings. The molecule has 1 N–H and O–H groups in total. The zero-order valence-corrected chi connectivity index (χ0v) is 14.6. The molecule has 3 aromatic heterocycles. The maximum Gasteiger partial charge on any atom is 0.255 e. The van der Waals surface area contributed by atoms with Crippen LogP contribution in [0.3, 0.4) is 0 Å². The summed E-state index contributed by atoms with van der Waals surface area (Å²) in [5.41, 5.74) is 3.18. The molecule has 130 valence electrons. The lowest BCUT2D eigenvalue weighted by Crippen LogP contribution is -2.26. The van der Waals surface area contributed by atoms with Gasteiger partial charge in [-0.25, -0.2) is 15.0 Å². The molecule has 0 atom stereocenters. The number of carbonyl (C=O) groups excluding carboxylic acids is 1. The largest absolute Gasteiger partial charge is 0.345 e. The SMILES string of the molecule is Cc1cnc(CN(C)C(=O)c2cnc3c(c2)ncn3C2CCCC2)[nH]1. The van der Waals surface area contributed by atoms with E-state index in [9.17, 15) is 4.79 Å². The average Bonchev–Trinajstić information content (AvgIpc) is 3.33. The molecule has 1 aliphatic carbocycles. The molecule has 1 fully saturated rings. The van der Waals surface area contributed by atoms with Crippen LogP contribution in [0.1, 0.15) is 53.6 Å². The van der Waals surface area contributed by atoms with Gasteiger partial charge in [0.2, 0.25) is 0 Å². The number of hydrogen-bond acceptors (Lipinski definition) is 4. The Morgan fingerprint density at radius 1 is 1.28 bits per heavy atom. The number of nitrogens with one attached hydrogen (secondary N) is 1. The van der Waals surface area contributed by atoms with Gasteiger partial charge < -0.3 is 14.5 Å². The molecular formula is C18H22N6O. The molecular weight excluding hydrogens is 316 g/mol. The van der Waals surface area contributed by atoms with Gasteiger partial charge in [-0.05, 0) is 25.8 Å². The maximum atomic E-state index is 12.7. The number of aromatic nitrogens is 5. The number of nitrogens with zero attached hydrogens (tertiary/aromatic N) is 5. The van der Waals surface area contributed by atoms with E-state index in [0.717, 1.165) is 22.7 Å². The van der Waals surface area contributed by atoms with E-state index in [1.807, 2.05) is 19.3 Å². The van der Waals surface area contributed by atoms with Crippen LogP contribution in [0.15, 0.2) is 24.8 Å². The van der Waals surface area contributed by atoms with E-state index in [1.165, 1.54) is 25.7 Å². The quantitative estimate of drug-likeness (QED) is 0.793. The zero-order valence-electron chi connectivity index (χ0n) is 14.6. The monoisotopic (exact) mass is 338 g/mol. The van der Waals surface area contributed by atoms with Gasteiger partial charge in [0, 0.05) is 31.2 Å². The van der Waals surface area contributed by atoms with Crippen molar-refractivity contribution in [3.05, 3.63) is 41.9 Å². The summed E-state index contributed by atoms with van der Waals surface area (Å²) >= 11 is 0. The van der Waals surface area contributed by atoms with Crippen LogP contribution in [0, 0.1) is 6.92 Å². The first-order valence-corrected chi connectivity index (χ1v) is 8.70. The zero-order chi connectivity index (χ0) is 17.4. The van der Waals surface area contributed by atoms with Gasteiger partial charge in [-0.15, -0.1) is 0 Å². The molecule has 4 rings (SSSR count). The molecule has 0 aliphatic heterocycles. The van der Waals surface area contributed by atoms with Crippen molar-refractivity contribution in [2.45, 2.75) is 45.2 Å². The van der Waals surface area contributed by atoms with Crippen molar-refractivity contribution >= 4 is 17.1 Å². The fourth-order valence-corrected chi connectivity index (χ4v) is 3.55. The number of hydrogen-bond donors (Lipinski definition) is 1. The smallest absolute Gasteiger partial charge is 0.255 e. The fraction of sp³-hybridized carbons (Fsp3) is 0.444. The number of H-pyrrole nitrogens is 1. The van der Waals surface area contributed by atoms with Crippen LogP contribution in [0.25, 0.3) is 11.2 Å². The molecule has 3 heterocycles. The molecule has 0 aromatic carbocycles. The van der Waals surface area contributed by atoms with Gasteiger partial charge in [-0.3, -0.25) is 4.79 Å². The lowest BCUT2D eigenvalue weighted by molar-refractivity contribution is 0.0781. The van der Waals surface area contributed by atoms with Gasteiger partial charge in [0.25, 0.3) is 5.91 Å². The third-order valence-corrected chi connectivity index (χ3v) is 4.87. The van der Waals surface area contributed by atoms with Crippen molar-refractivity contribution in [3.63, 3.8) is 0 Å². The fourth-order valence-electron chi connectivity index (χ4n) is 3.55. The maximum absolute atomic E-state index is 12.7. The molecule has 7 nitrogen and oxygen atoms in total. The topological polar surface area (TPSA) is 79.7 Å². The van der Waals surface area contributed by atoms with Gasteiger partial charge in [-0.2, -0.15) is 0 Å². The first-order chi connectivity index (χ1) is 12.1. The first-order valence-electron chi connectivity index (χ1n) is 8.70. The van der Waals surface area contributed by atoms with Crippen molar-refractivity contribution in [1.29, 1.82) is 0 Å². The molecule has 0 radical (unpaired) electrons. The van der Waals surface area contributed by atoms with Crippen LogP contribution >= 0.6 is 0 Å². The summed E-state index contributed by atoms with van der Waals surface area (Å²) in [5.74, 6) is 0.687. The third kappa shape index (κ3) is 3.01. The van der Waals surface area contributed by atoms with E-state index in [1.54, 1.807) is 24.3 Å². The lowest BCUT2D eigenvalue weighted by atomic mass is 10.2. The molecule has 0 unspecified atom stereocenters. The second-order valence-electron chi connectivity index (χ2n) is 6.83. The highest BCUT2D eigenvalue weighted by molar-refractivity contribution is 5.96. The van der Waals surface area contributed by atoms with Gasteiger partial charge in [0.05, 0.1) is 18.4 Å². The average molecular weight is 338 g/mol. The number of fused-ring (bicyclic) bond motifs is 1. The van der Waals surface area contributed by atoms with Crippen molar-refractivity contribution in [3.8, 4) is 0 Å². The van der Waals surface area contributed by atoms with Gasteiger partial charge in [0.15, 0.2) is 5.65 Å². The van der Waals surface area contributed by atoms with Gasteiger partial charge >= 0.3 is 0 Å². The summed E-state index contributed by atoms with van der Waals surface area (Å²) < 4.78 is 2.16. The number of rotatable bonds is 4. The minimum atomic E-state index is -0.0844. The number of aryl methyl sites for hydroxylation is 1. The standard InChI is InChI=1S/C18H22N6O/c1-12-8-19-16(22-12)10-23(2)18(25)13-7-15-17(20-9-13)24(11-21-15)14-5-3-4-6-14/h7-9,11,14H,3-6,10H2,1-2H3,(H,19,22). The Kier molecular flexibility index (Phi) is 3.99. The Morgan fingerprint density at radius 2 is 2.08 bits per heavy atom. The molecule has 0 bridgehead atoms. The molecule has 25 heavy (non-hydrogen) atoms. The Balaban J connectivity index is 1.55. The number of pyridine rings is 1. The Morgan fingerprint density at radius 3 is 2.80 bits per heavy atom. The van der Waals surface area contributed by atoms with Crippen molar-refractivity contribution in [2.24, 2.45) is 0 Å². The summed E-state index contributed by atoms with van der Waals surface area (Å²) in [6.45, 7) is 2.37. The van der Waals surface area contributed by atoms with Crippen LogP contribution in [0.5, 0.6) is 0 Å². The predicted molar refractivity (Wildman–Crippen MR) is 94.2 cm³/mol.